The van der Waals surface area contributed by atoms with E-state index in [0.29, 0.717) is 6.61 Å². The molecule has 0 saturated carbocycles. The molecule has 34 heavy (non-hydrogen) atoms. The number of nitrogens with one attached hydrogen (secondary N) is 1. The van der Waals surface area contributed by atoms with E-state index >= 15 is 0 Å². The zero-order valence-corrected chi connectivity index (χ0v) is 21.3. The Morgan fingerprint density at radius 2 is 1.62 bits per heavy atom. The Labute approximate surface area is 204 Å². The van der Waals surface area contributed by atoms with Crippen LogP contribution in [0.4, 0.5) is 0 Å². The summed E-state index contributed by atoms with van der Waals surface area (Å²) in [7, 11) is 3.41. The van der Waals surface area contributed by atoms with Gasteiger partial charge in [0.15, 0.2) is 11.5 Å². The highest BCUT2D eigenvalue weighted by Crippen LogP contribution is 2.36. The van der Waals surface area contributed by atoms with E-state index in [-0.39, 0.29) is 6.04 Å². The summed E-state index contributed by atoms with van der Waals surface area (Å²) >= 11 is 0. The first-order chi connectivity index (χ1) is 16.6. The highest BCUT2D eigenvalue weighted by atomic mass is 16.5. The van der Waals surface area contributed by atoms with Crippen LogP contribution in [0.2, 0.25) is 0 Å². The average molecular weight is 460 g/mol. The fourth-order valence-corrected chi connectivity index (χ4v) is 4.19. The first-order valence-electron chi connectivity index (χ1n) is 12.0. The SMILES string of the molecule is CC.COc1cc2c(cc1OCc1ccccc1)CCNC2/C=C/c1ccc(OC)c(C)c1C. The maximum Gasteiger partial charge on any atom is 0.161 e. The van der Waals surface area contributed by atoms with Crippen molar-refractivity contribution in [3.63, 3.8) is 0 Å². The van der Waals surface area contributed by atoms with Crippen LogP contribution in [0.3, 0.4) is 0 Å². The van der Waals surface area contributed by atoms with Gasteiger partial charge in [-0.2, -0.15) is 0 Å². The summed E-state index contributed by atoms with van der Waals surface area (Å²) in [5.74, 6) is 2.48. The minimum atomic E-state index is 0.123. The van der Waals surface area contributed by atoms with Crippen molar-refractivity contribution in [2.45, 2.75) is 46.8 Å². The summed E-state index contributed by atoms with van der Waals surface area (Å²) < 4.78 is 17.2. The normalized spacial score (nSPS) is 14.7. The van der Waals surface area contributed by atoms with Crippen LogP contribution in [0.15, 0.2) is 60.7 Å². The molecule has 0 saturated heterocycles. The minimum Gasteiger partial charge on any atom is -0.496 e. The van der Waals surface area contributed by atoms with Gasteiger partial charge in [-0.05, 0) is 71.8 Å². The van der Waals surface area contributed by atoms with Crippen LogP contribution in [0.5, 0.6) is 17.2 Å². The molecule has 0 aromatic heterocycles. The smallest absolute Gasteiger partial charge is 0.161 e. The van der Waals surface area contributed by atoms with Gasteiger partial charge >= 0.3 is 0 Å². The van der Waals surface area contributed by atoms with Crippen molar-refractivity contribution in [3.8, 4) is 17.2 Å². The molecular weight excluding hydrogens is 422 g/mol. The Balaban J connectivity index is 0.00000158. The zero-order chi connectivity index (χ0) is 24.5. The van der Waals surface area contributed by atoms with E-state index in [1.54, 1.807) is 14.2 Å². The second kappa shape index (κ2) is 12.3. The van der Waals surface area contributed by atoms with Gasteiger partial charge in [0.25, 0.3) is 0 Å². The molecule has 1 aliphatic rings. The molecule has 1 heterocycles. The summed E-state index contributed by atoms with van der Waals surface area (Å²) in [6.07, 6.45) is 5.39. The first kappa shape index (κ1) is 25.4. The Hall–Kier alpha value is -3.24. The molecule has 0 fully saturated rings. The highest BCUT2D eigenvalue weighted by Gasteiger charge is 2.21. The summed E-state index contributed by atoms with van der Waals surface area (Å²) in [5.41, 5.74) is 7.28. The van der Waals surface area contributed by atoms with E-state index in [0.717, 1.165) is 35.8 Å². The van der Waals surface area contributed by atoms with Crippen molar-refractivity contribution >= 4 is 6.08 Å². The monoisotopic (exact) mass is 459 g/mol. The molecule has 0 bridgehead atoms. The standard InChI is InChI=1S/C28H31NO3.C2H6/c1-19-20(2)26(30-3)13-11-22(19)10-12-25-24-17-27(31-4)28(16-23(24)14-15-29-25)32-18-21-8-6-5-7-9-21;1-2/h5-13,16-17,25,29H,14-15,18H2,1-4H3;1-2H3/b12-10+;. The van der Waals surface area contributed by atoms with Crippen molar-refractivity contribution in [1.82, 2.24) is 5.32 Å². The molecule has 0 spiro atoms. The van der Waals surface area contributed by atoms with Gasteiger partial charge in [0.2, 0.25) is 0 Å². The second-order valence-corrected chi connectivity index (χ2v) is 8.12. The fraction of sp³-hybridized carbons (Fsp3) is 0.333. The number of benzene rings is 3. The van der Waals surface area contributed by atoms with Crippen LogP contribution in [-0.4, -0.2) is 20.8 Å². The van der Waals surface area contributed by atoms with E-state index in [1.165, 1.54) is 27.8 Å². The first-order valence-corrected chi connectivity index (χ1v) is 12.0. The topological polar surface area (TPSA) is 39.7 Å². The molecule has 1 unspecified atom stereocenters. The van der Waals surface area contributed by atoms with Gasteiger partial charge in [-0.15, -0.1) is 0 Å². The molecule has 3 aromatic carbocycles. The lowest BCUT2D eigenvalue weighted by atomic mass is 9.92. The number of hydrogen-bond donors (Lipinski definition) is 1. The largest absolute Gasteiger partial charge is 0.496 e. The predicted octanol–water partition coefficient (Wildman–Crippen LogP) is 6.83. The van der Waals surface area contributed by atoms with Crippen LogP contribution >= 0.6 is 0 Å². The molecule has 0 aliphatic carbocycles. The number of hydrogen-bond acceptors (Lipinski definition) is 4. The quantitative estimate of drug-likeness (QED) is 0.420. The van der Waals surface area contributed by atoms with E-state index in [2.05, 4.69) is 61.6 Å². The van der Waals surface area contributed by atoms with Gasteiger partial charge < -0.3 is 19.5 Å². The van der Waals surface area contributed by atoms with Crippen molar-refractivity contribution in [2.24, 2.45) is 0 Å². The highest BCUT2D eigenvalue weighted by molar-refractivity contribution is 5.60. The number of ether oxygens (including phenoxy) is 3. The summed E-state index contributed by atoms with van der Waals surface area (Å²) in [6, 6.07) is 18.7. The molecule has 1 aliphatic heterocycles. The molecule has 4 rings (SSSR count). The molecule has 1 N–H and O–H groups in total. The Morgan fingerprint density at radius 3 is 2.32 bits per heavy atom. The lowest BCUT2D eigenvalue weighted by Crippen LogP contribution is -2.28. The Bertz CT molecular complexity index is 1110. The van der Waals surface area contributed by atoms with E-state index in [1.807, 2.05) is 38.1 Å². The van der Waals surface area contributed by atoms with Crippen LogP contribution in [-0.2, 0) is 13.0 Å². The van der Waals surface area contributed by atoms with E-state index in [4.69, 9.17) is 14.2 Å². The Kier molecular flexibility index (Phi) is 9.17. The third-order valence-corrected chi connectivity index (χ3v) is 6.22. The van der Waals surface area contributed by atoms with Gasteiger partial charge in [-0.3, -0.25) is 0 Å². The molecule has 4 heteroatoms. The molecule has 4 nitrogen and oxygen atoms in total. The summed E-state index contributed by atoms with van der Waals surface area (Å²) in [6.45, 7) is 9.68. The second-order valence-electron chi connectivity index (χ2n) is 8.12. The van der Waals surface area contributed by atoms with E-state index in [9.17, 15) is 0 Å². The van der Waals surface area contributed by atoms with Crippen LogP contribution in [0.1, 0.15) is 53.3 Å². The third-order valence-electron chi connectivity index (χ3n) is 6.22. The maximum absolute atomic E-state index is 6.12. The lowest BCUT2D eigenvalue weighted by Gasteiger charge is -2.26. The summed E-state index contributed by atoms with van der Waals surface area (Å²) in [4.78, 5) is 0. The van der Waals surface area contributed by atoms with Crippen molar-refractivity contribution in [1.29, 1.82) is 0 Å². The van der Waals surface area contributed by atoms with Gasteiger partial charge in [0.05, 0.1) is 20.3 Å². The number of rotatable bonds is 7. The maximum atomic E-state index is 6.12. The fourth-order valence-electron chi connectivity index (χ4n) is 4.19. The lowest BCUT2D eigenvalue weighted by molar-refractivity contribution is 0.283. The van der Waals surface area contributed by atoms with Crippen molar-refractivity contribution in [3.05, 3.63) is 94.1 Å². The minimum absolute atomic E-state index is 0.123. The molecule has 180 valence electrons. The van der Waals surface area contributed by atoms with Crippen molar-refractivity contribution in [2.75, 3.05) is 20.8 Å². The molecular formula is C30H37NO3. The molecule has 3 aromatic rings. The number of methoxy groups -OCH3 is 2. The van der Waals surface area contributed by atoms with E-state index < -0.39 is 0 Å². The van der Waals surface area contributed by atoms with Gasteiger partial charge in [-0.25, -0.2) is 0 Å². The molecule has 0 radical (unpaired) electrons. The predicted molar refractivity (Wildman–Crippen MR) is 141 cm³/mol. The van der Waals surface area contributed by atoms with Gasteiger partial charge in [0, 0.05) is 6.54 Å². The molecule has 0 amide bonds. The van der Waals surface area contributed by atoms with Crippen LogP contribution in [0.25, 0.3) is 6.08 Å². The number of fused-ring (bicyclic) bond motifs is 1. The Morgan fingerprint density at radius 1 is 0.882 bits per heavy atom. The zero-order valence-electron chi connectivity index (χ0n) is 21.3. The van der Waals surface area contributed by atoms with Gasteiger partial charge in [-0.1, -0.05) is 62.4 Å². The average Bonchev–Trinajstić information content (AvgIpc) is 2.89. The summed E-state index contributed by atoms with van der Waals surface area (Å²) in [5, 5.41) is 3.62. The van der Waals surface area contributed by atoms with Gasteiger partial charge in [0.1, 0.15) is 12.4 Å². The van der Waals surface area contributed by atoms with Crippen LogP contribution in [0, 0.1) is 13.8 Å². The third kappa shape index (κ3) is 5.81. The molecule has 1 atom stereocenters. The van der Waals surface area contributed by atoms with Crippen LogP contribution < -0.4 is 19.5 Å². The van der Waals surface area contributed by atoms with Crippen molar-refractivity contribution < 1.29 is 14.2 Å².